The minimum absolute atomic E-state index is 0.114. The molecule has 3 rings (SSSR count). The fraction of sp³-hybridized carbons (Fsp3) is 0.333. The number of hydrogen-bond acceptors (Lipinski definition) is 4. The summed E-state index contributed by atoms with van der Waals surface area (Å²) in [6.45, 7) is 7.27. The van der Waals surface area contributed by atoms with Crippen molar-refractivity contribution in [2.24, 2.45) is 5.10 Å². The second kappa shape index (κ2) is 6.98. The van der Waals surface area contributed by atoms with E-state index in [0.717, 1.165) is 16.5 Å². The van der Waals surface area contributed by atoms with Crippen LogP contribution in [0.25, 0.3) is 10.9 Å². The summed E-state index contributed by atoms with van der Waals surface area (Å²) in [5, 5.41) is 5.14. The highest BCUT2D eigenvalue weighted by Crippen LogP contribution is 2.22. The van der Waals surface area contributed by atoms with Crippen molar-refractivity contribution in [3.63, 3.8) is 0 Å². The van der Waals surface area contributed by atoms with Gasteiger partial charge in [-0.15, -0.1) is 6.58 Å². The van der Waals surface area contributed by atoms with Crippen LogP contribution in [0, 0.1) is 0 Å². The molecular weight excluding hydrogens is 306 g/mol. The number of carbonyl (C=O) groups excluding carboxylic acids is 1. The Kier molecular flexibility index (Phi) is 4.78. The number of nitrogens with zero attached hydrogens (tertiary/aromatic N) is 2. The fourth-order valence-electron chi connectivity index (χ4n) is 2.83. The molecule has 1 fully saturated rings. The second-order valence-corrected chi connectivity index (χ2v) is 5.84. The third-order valence-electron chi connectivity index (χ3n) is 3.92. The van der Waals surface area contributed by atoms with Gasteiger partial charge in [-0.1, -0.05) is 24.3 Å². The van der Waals surface area contributed by atoms with Crippen LogP contribution >= 0.6 is 0 Å². The minimum Gasteiger partial charge on any atom is -0.347 e. The predicted octanol–water partition coefficient (Wildman–Crippen LogP) is 2.43. The summed E-state index contributed by atoms with van der Waals surface area (Å²) >= 11 is 0. The molecule has 0 saturated carbocycles. The molecular formula is C18H21N3O3. The van der Waals surface area contributed by atoms with Gasteiger partial charge in [0.1, 0.15) is 0 Å². The number of hydrogen-bond donors (Lipinski definition) is 1. The van der Waals surface area contributed by atoms with Crippen LogP contribution in [0.1, 0.15) is 18.9 Å². The lowest BCUT2D eigenvalue weighted by Gasteiger charge is -2.20. The Morgan fingerprint density at radius 3 is 2.92 bits per heavy atom. The first-order valence-electron chi connectivity index (χ1n) is 7.90. The first-order valence-corrected chi connectivity index (χ1v) is 7.90. The molecule has 6 nitrogen and oxygen atoms in total. The van der Waals surface area contributed by atoms with Gasteiger partial charge in [-0.2, -0.15) is 5.10 Å². The van der Waals surface area contributed by atoms with E-state index >= 15 is 0 Å². The highest BCUT2D eigenvalue weighted by molar-refractivity contribution is 5.99. The molecule has 24 heavy (non-hydrogen) atoms. The average molecular weight is 327 g/mol. The van der Waals surface area contributed by atoms with Gasteiger partial charge < -0.3 is 14.0 Å². The SMILES string of the molecule is C=CCn1cc(/C=N/NC(=O)CC2(C)OCCO2)c2ccccc21. The third kappa shape index (κ3) is 3.55. The van der Waals surface area contributed by atoms with Gasteiger partial charge in [0, 0.05) is 29.2 Å². The van der Waals surface area contributed by atoms with Crippen LogP contribution < -0.4 is 5.43 Å². The van der Waals surface area contributed by atoms with E-state index in [1.807, 2.05) is 36.5 Å². The van der Waals surface area contributed by atoms with Crippen LogP contribution in [0.4, 0.5) is 0 Å². The number of allylic oxidation sites excluding steroid dienone is 1. The maximum absolute atomic E-state index is 12.0. The van der Waals surface area contributed by atoms with Crippen LogP contribution in [0.2, 0.25) is 0 Å². The smallest absolute Gasteiger partial charge is 0.245 e. The van der Waals surface area contributed by atoms with E-state index in [4.69, 9.17) is 9.47 Å². The van der Waals surface area contributed by atoms with E-state index in [1.165, 1.54) is 0 Å². The molecule has 1 N–H and O–H groups in total. The van der Waals surface area contributed by atoms with Crippen LogP contribution in [0.15, 0.2) is 48.2 Å². The zero-order valence-electron chi connectivity index (χ0n) is 13.7. The number of benzene rings is 1. The molecule has 0 unspecified atom stereocenters. The summed E-state index contributed by atoms with van der Waals surface area (Å²) in [6, 6.07) is 8.04. The average Bonchev–Trinajstić information content (AvgIpc) is 3.13. The van der Waals surface area contributed by atoms with Gasteiger partial charge in [0.2, 0.25) is 5.91 Å². The monoisotopic (exact) mass is 327 g/mol. The Labute approximate surface area is 140 Å². The molecule has 1 amide bonds. The van der Waals surface area contributed by atoms with Crippen molar-refractivity contribution in [3.8, 4) is 0 Å². The molecule has 2 heterocycles. The van der Waals surface area contributed by atoms with Gasteiger partial charge in [0.25, 0.3) is 0 Å². The van der Waals surface area contributed by atoms with Crippen LogP contribution in [-0.4, -0.2) is 35.7 Å². The van der Waals surface area contributed by atoms with Gasteiger partial charge in [0.05, 0.1) is 25.8 Å². The molecule has 0 atom stereocenters. The lowest BCUT2D eigenvalue weighted by Crippen LogP contribution is -2.33. The molecule has 1 aliphatic rings. The van der Waals surface area contributed by atoms with E-state index in [0.29, 0.717) is 19.8 Å². The molecule has 0 aliphatic carbocycles. The highest BCUT2D eigenvalue weighted by Gasteiger charge is 2.33. The molecule has 126 valence electrons. The van der Waals surface area contributed by atoms with Crippen LogP contribution in [0.3, 0.4) is 0 Å². The number of rotatable bonds is 6. The summed E-state index contributed by atoms with van der Waals surface area (Å²) in [7, 11) is 0. The largest absolute Gasteiger partial charge is 0.347 e. The standard InChI is InChI=1S/C18H21N3O3/c1-3-8-21-13-14(15-6-4-5-7-16(15)21)12-19-20-17(22)11-18(2)23-9-10-24-18/h3-7,12-13H,1,8-11H2,2H3,(H,20,22)/b19-12+. The Balaban J connectivity index is 1.69. The lowest BCUT2D eigenvalue weighted by molar-refractivity contribution is -0.159. The zero-order chi connectivity index (χ0) is 17.0. The van der Waals surface area contributed by atoms with Crippen molar-refractivity contribution in [2.45, 2.75) is 25.7 Å². The second-order valence-electron chi connectivity index (χ2n) is 5.84. The molecule has 0 spiro atoms. The number of fused-ring (bicyclic) bond motifs is 1. The number of hydrazone groups is 1. The number of carbonyl (C=O) groups is 1. The normalized spacial score (nSPS) is 16.7. The van der Waals surface area contributed by atoms with Gasteiger partial charge in [-0.05, 0) is 13.0 Å². The van der Waals surface area contributed by atoms with Crippen molar-refractivity contribution in [2.75, 3.05) is 13.2 Å². The van der Waals surface area contributed by atoms with Gasteiger partial charge in [0.15, 0.2) is 5.79 Å². The Bertz CT molecular complexity index is 773. The van der Waals surface area contributed by atoms with Gasteiger partial charge in [-0.25, -0.2) is 5.43 Å². The van der Waals surface area contributed by atoms with Crippen molar-refractivity contribution in [1.29, 1.82) is 0 Å². The molecule has 1 aliphatic heterocycles. The fourth-order valence-corrected chi connectivity index (χ4v) is 2.83. The predicted molar refractivity (Wildman–Crippen MR) is 92.8 cm³/mol. The van der Waals surface area contributed by atoms with E-state index in [-0.39, 0.29) is 12.3 Å². The number of amides is 1. The third-order valence-corrected chi connectivity index (χ3v) is 3.92. The van der Waals surface area contributed by atoms with Gasteiger partial charge in [-0.3, -0.25) is 4.79 Å². The van der Waals surface area contributed by atoms with Crippen molar-refractivity contribution < 1.29 is 14.3 Å². The Morgan fingerprint density at radius 2 is 2.17 bits per heavy atom. The molecule has 0 radical (unpaired) electrons. The number of aromatic nitrogens is 1. The van der Waals surface area contributed by atoms with E-state index in [9.17, 15) is 4.79 Å². The van der Waals surface area contributed by atoms with Gasteiger partial charge >= 0.3 is 0 Å². The van der Waals surface area contributed by atoms with E-state index in [1.54, 1.807) is 13.1 Å². The molecule has 1 aromatic carbocycles. The van der Waals surface area contributed by atoms with Crippen LogP contribution in [0.5, 0.6) is 0 Å². The molecule has 1 aromatic heterocycles. The number of ether oxygens (including phenoxy) is 2. The number of para-hydroxylation sites is 1. The summed E-state index contributed by atoms with van der Waals surface area (Å²) in [5.74, 6) is -1.09. The number of nitrogens with one attached hydrogen (secondary N) is 1. The molecule has 0 bridgehead atoms. The zero-order valence-corrected chi connectivity index (χ0v) is 13.7. The van der Waals surface area contributed by atoms with E-state index < -0.39 is 5.79 Å². The lowest BCUT2D eigenvalue weighted by atomic mass is 10.2. The van der Waals surface area contributed by atoms with Crippen molar-refractivity contribution in [3.05, 3.63) is 48.7 Å². The summed E-state index contributed by atoms with van der Waals surface area (Å²) in [5.41, 5.74) is 4.57. The summed E-state index contributed by atoms with van der Waals surface area (Å²) < 4.78 is 12.9. The Hall–Kier alpha value is -2.44. The first kappa shape index (κ1) is 16.4. The topological polar surface area (TPSA) is 64.9 Å². The highest BCUT2D eigenvalue weighted by atomic mass is 16.7. The molecule has 6 heteroatoms. The van der Waals surface area contributed by atoms with Crippen LogP contribution in [-0.2, 0) is 20.8 Å². The van der Waals surface area contributed by atoms with Crippen molar-refractivity contribution >= 4 is 23.0 Å². The minimum atomic E-state index is -0.848. The molecule has 1 saturated heterocycles. The Morgan fingerprint density at radius 1 is 1.42 bits per heavy atom. The summed E-state index contributed by atoms with van der Waals surface area (Å²) in [6.07, 6.45) is 5.60. The maximum Gasteiger partial charge on any atom is 0.245 e. The van der Waals surface area contributed by atoms with E-state index in [2.05, 4.69) is 21.7 Å². The first-order chi connectivity index (χ1) is 11.6. The quantitative estimate of drug-likeness (QED) is 0.503. The molecule has 2 aromatic rings. The maximum atomic E-state index is 12.0. The summed E-state index contributed by atoms with van der Waals surface area (Å²) in [4.78, 5) is 12.0. The van der Waals surface area contributed by atoms with Crippen molar-refractivity contribution in [1.82, 2.24) is 9.99 Å².